The molecule has 38 heavy (non-hydrogen) atoms. The van der Waals surface area contributed by atoms with Gasteiger partial charge in [-0.2, -0.15) is 0 Å². The molecule has 0 radical (unpaired) electrons. The minimum Gasteiger partial charge on any atom is -0.493 e. The van der Waals surface area contributed by atoms with Crippen LogP contribution in [0.2, 0.25) is 0 Å². The SMILES string of the molecule is CC(=O)C(=O)ON1CCC(COc2ccc(C(=O)N3CCN(c4ccccc4C(C)(C)C)CC3)cc2)CC1. The molecule has 0 spiro atoms. The number of nitrogens with zero attached hydrogens (tertiary/aromatic N) is 3. The van der Waals surface area contributed by atoms with Crippen molar-refractivity contribution < 1.29 is 24.0 Å². The lowest BCUT2D eigenvalue weighted by Gasteiger charge is -2.38. The summed E-state index contributed by atoms with van der Waals surface area (Å²) in [6.45, 7) is 12.6. The molecule has 2 heterocycles. The highest BCUT2D eigenvalue weighted by molar-refractivity contribution is 6.32. The fourth-order valence-corrected chi connectivity index (χ4v) is 4.97. The van der Waals surface area contributed by atoms with Gasteiger partial charge in [-0.25, -0.2) is 4.79 Å². The van der Waals surface area contributed by atoms with Gasteiger partial charge >= 0.3 is 5.97 Å². The number of ketones is 1. The van der Waals surface area contributed by atoms with Crippen molar-refractivity contribution in [1.29, 1.82) is 0 Å². The third-order valence-corrected chi connectivity index (χ3v) is 7.28. The second-order valence-corrected chi connectivity index (χ2v) is 11.2. The molecule has 0 aliphatic carbocycles. The third kappa shape index (κ3) is 6.92. The number of hydroxylamine groups is 2. The van der Waals surface area contributed by atoms with E-state index < -0.39 is 11.8 Å². The van der Waals surface area contributed by atoms with Gasteiger partial charge in [0.25, 0.3) is 5.91 Å². The summed E-state index contributed by atoms with van der Waals surface area (Å²) < 4.78 is 5.97. The first-order valence-corrected chi connectivity index (χ1v) is 13.5. The lowest BCUT2D eigenvalue weighted by Crippen LogP contribution is -2.49. The van der Waals surface area contributed by atoms with Gasteiger partial charge in [-0.3, -0.25) is 9.59 Å². The van der Waals surface area contributed by atoms with Gasteiger partial charge in [-0.1, -0.05) is 39.0 Å². The molecule has 0 aromatic heterocycles. The van der Waals surface area contributed by atoms with Crippen molar-refractivity contribution in [3.63, 3.8) is 0 Å². The number of rotatable bonds is 7. The minimum absolute atomic E-state index is 0.0489. The molecule has 0 bridgehead atoms. The highest BCUT2D eigenvalue weighted by Gasteiger charge is 2.27. The fraction of sp³-hybridized carbons (Fsp3) is 0.500. The Morgan fingerprint density at radius 2 is 1.50 bits per heavy atom. The monoisotopic (exact) mass is 521 g/mol. The molecule has 204 valence electrons. The zero-order chi connectivity index (χ0) is 27.3. The summed E-state index contributed by atoms with van der Waals surface area (Å²) in [7, 11) is 0. The summed E-state index contributed by atoms with van der Waals surface area (Å²) in [5.74, 6) is -0.296. The number of carbonyl (C=O) groups is 3. The van der Waals surface area contributed by atoms with E-state index in [2.05, 4.69) is 49.9 Å². The Labute approximate surface area is 225 Å². The number of Topliss-reactive ketones (excluding diaryl/α,β-unsaturated/α-hetero) is 1. The molecule has 0 saturated carbocycles. The van der Waals surface area contributed by atoms with Crippen LogP contribution < -0.4 is 9.64 Å². The molecule has 1 amide bonds. The molecular formula is C30H39N3O5. The van der Waals surface area contributed by atoms with Crippen LogP contribution in [-0.2, 0) is 19.8 Å². The molecule has 2 saturated heterocycles. The van der Waals surface area contributed by atoms with Crippen molar-refractivity contribution >= 4 is 23.3 Å². The smallest absolute Gasteiger partial charge is 0.393 e. The molecule has 0 atom stereocenters. The van der Waals surface area contributed by atoms with E-state index in [-0.39, 0.29) is 11.3 Å². The molecule has 4 rings (SSSR count). The quantitative estimate of drug-likeness (QED) is 0.508. The van der Waals surface area contributed by atoms with Crippen LogP contribution in [0, 0.1) is 5.92 Å². The highest BCUT2D eigenvalue weighted by atomic mass is 16.7. The summed E-state index contributed by atoms with van der Waals surface area (Å²) in [5.41, 5.74) is 3.32. The van der Waals surface area contributed by atoms with Gasteiger partial charge in [0.1, 0.15) is 5.75 Å². The van der Waals surface area contributed by atoms with Gasteiger partial charge in [0.15, 0.2) is 0 Å². The maximum atomic E-state index is 13.1. The normalized spacial score (nSPS) is 17.3. The van der Waals surface area contributed by atoms with Crippen molar-refractivity contribution in [3.8, 4) is 5.75 Å². The van der Waals surface area contributed by atoms with E-state index in [1.54, 1.807) is 5.06 Å². The molecule has 2 fully saturated rings. The zero-order valence-electron chi connectivity index (χ0n) is 22.9. The van der Waals surface area contributed by atoms with Gasteiger partial charge in [-0.05, 0) is 60.1 Å². The van der Waals surface area contributed by atoms with Crippen LogP contribution in [0.3, 0.4) is 0 Å². The lowest BCUT2D eigenvalue weighted by molar-refractivity contribution is -0.197. The number of anilines is 1. The van der Waals surface area contributed by atoms with Crippen molar-refractivity contribution in [1.82, 2.24) is 9.96 Å². The molecule has 8 nitrogen and oxygen atoms in total. The van der Waals surface area contributed by atoms with E-state index in [0.29, 0.717) is 44.3 Å². The predicted octanol–water partition coefficient (Wildman–Crippen LogP) is 4.08. The highest BCUT2D eigenvalue weighted by Crippen LogP contribution is 2.32. The molecular weight excluding hydrogens is 482 g/mol. The van der Waals surface area contributed by atoms with E-state index in [1.165, 1.54) is 18.2 Å². The van der Waals surface area contributed by atoms with Crippen LogP contribution in [0.1, 0.15) is 56.5 Å². The summed E-state index contributed by atoms with van der Waals surface area (Å²) in [6, 6.07) is 15.9. The molecule has 0 N–H and O–H groups in total. The first kappa shape index (κ1) is 27.6. The van der Waals surface area contributed by atoms with E-state index >= 15 is 0 Å². The number of benzene rings is 2. The molecule has 2 aliphatic rings. The summed E-state index contributed by atoms with van der Waals surface area (Å²) in [4.78, 5) is 45.0. The second-order valence-electron chi connectivity index (χ2n) is 11.2. The van der Waals surface area contributed by atoms with Crippen LogP contribution in [0.4, 0.5) is 5.69 Å². The van der Waals surface area contributed by atoms with E-state index in [0.717, 1.165) is 31.7 Å². The number of hydrogen-bond donors (Lipinski definition) is 0. The summed E-state index contributed by atoms with van der Waals surface area (Å²) in [5, 5.41) is 1.55. The Kier molecular flexibility index (Phi) is 8.72. The van der Waals surface area contributed by atoms with E-state index in [1.807, 2.05) is 29.2 Å². The Morgan fingerprint density at radius 3 is 2.11 bits per heavy atom. The van der Waals surface area contributed by atoms with Crippen LogP contribution in [0.15, 0.2) is 48.5 Å². The van der Waals surface area contributed by atoms with Gasteiger partial charge in [0.2, 0.25) is 5.78 Å². The first-order chi connectivity index (χ1) is 18.1. The summed E-state index contributed by atoms with van der Waals surface area (Å²) in [6.07, 6.45) is 1.63. The number of ether oxygens (including phenoxy) is 1. The van der Waals surface area contributed by atoms with Crippen molar-refractivity contribution in [2.45, 2.75) is 46.0 Å². The second kappa shape index (κ2) is 12.0. The van der Waals surface area contributed by atoms with Gasteiger partial charge in [0, 0.05) is 57.4 Å². The number of piperidine rings is 1. The maximum Gasteiger partial charge on any atom is 0.393 e. The Balaban J connectivity index is 1.23. The molecule has 2 aromatic rings. The largest absolute Gasteiger partial charge is 0.493 e. The molecule has 2 aliphatic heterocycles. The number of piperazine rings is 1. The van der Waals surface area contributed by atoms with Crippen molar-refractivity contribution in [2.24, 2.45) is 5.92 Å². The standard InChI is InChI=1S/C30H39N3O5/c1-22(34)29(36)38-33-15-13-23(14-16-33)21-37-25-11-9-24(10-12-25)28(35)32-19-17-31(18-20-32)27-8-6-5-7-26(27)30(2,3)4/h5-12,23H,13-21H2,1-4H3. The Morgan fingerprint density at radius 1 is 0.868 bits per heavy atom. The third-order valence-electron chi connectivity index (χ3n) is 7.28. The van der Waals surface area contributed by atoms with Crippen molar-refractivity contribution in [3.05, 3.63) is 59.7 Å². The lowest BCUT2D eigenvalue weighted by atomic mass is 9.85. The van der Waals surface area contributed by atoms with E-state index in [4.69, 9.17) is 9.57 Å². The predicted molar refractivity (Wildman–Crippen MR) is 146 cm³/mol. The van der Waals surface area contributed by atoms with Crippen LogP contribution in [-0.4, -0.2) is 73.5 Å². The fourth-order valence-electron chi connectivity index (χ4n) is 4.97. The van der Waals surface area contributed by atoms with Gasteiger partial charge in [-0.15, -0.1) is 5.06 Å². The summed E-state index contributed by atoms with van der Waals surface area (Å²) >= 11 is 0. The maximum absolute atomic E-state index is 13.1. The van der Waals surface area contributed by atoms with Crippen LogP contribution >= 0.6 is 0 Å². The van der Waals surface area contributed by atoms with Crippen molar-refractivity contribution in [2.75, 3.05) is 50.8 Å². The van der Waals surface area contributed by atoms with Crippen LogP contribution in [0.25, 0.3) is 0 Å². The minimum atomic E-state index is -0.818. The number of carbonyl (C=O) groups excluding carboxylic acids is 3. The molecule has 2 aromatic carbocycles. The number of amides is 1. The molecule has 8 heteroatoms. The number of hydrogen-bond acceptors (Lipinski definition) is 7. The Hall–Kier alpha value is -3.39. The average molecular weight is 522 g/mol. The Bertz CT molecular complexity index is 1130. The zero-order valence-corrected chi connectivity index (χ0v) is 22.9. The van der Waals surface area contributed by atoms with Crippen LogP contribution in [0.5, 0.6) is 5.75 Å². The first-order valence-electron chi connectivity index (χ1n) is 13.5. The topological polar surface area (TPSA) is 79.4 Å². The average Bonchev–Trinajstić information content (AvgIpc) is 2.92. The number of para-hydroxylation sites is 1. The van der Waals surface area contributed by atoms with Gasteiger partial charge < -0.3 is 19.4 Å². The molecule has 0 unspecified atom stereocenters. The van der Waals surface area contributed by atoms with E-state index in [9.17, 15) is 14.4 Å². The van der Waals surface area contributed by atoms with Gasteiger partial charge in [0.05, 0.1) is 6.61 Å².